The van der Waals surface area contributed by atoms with Crippen LogP contribution in [0, 0.1) is 0 Å². The lowest BCUT2D eigenvalue weighted by Gasteiger charge is -2.28. The van der Waals surface area contributed by atoms with E-state index in [0.29, 0.717) is 5.82 Å². The highest BCUT2D eigenvalue weighted by atomic mass is 32.1. The topological polar surface area (TPSA) is 25.8 Å². The number of aromatic nitrogens is 2. The Bertz CT molecular complexity index is 3480. The summed E-state index contributed by atoms with van der Waals surface area (Å²) in [6, 6.07) is 77.0. The average Bonchev–Trinajstić information content (AvgIpc) is 3.83. The van der Waals surface area contributed by atoms with Crippen molar-refractivity contribution >= 4 is 42.3 Å². The van der Waals surface area contributed by atoms with Crippen LogP contribution in [0.4, 0.5) is 0 Å². The Labute approximate surface area is 359 Å². The average molecular weight is 795 g/mol. The number of benzene rings is 9. The maximum atomic E-state index is 5.38. The molecular formula is C58H38N2S. The molecule has 1 unspecified atom stereocenters. The second-order valence-electron chi connectivity index (χ2n) is 16.2. The molecule has 11 aromatic rings. The molecule has 0 N–H and O–H groups in total. The van der Waals surface area contributed by atoms with Gasteiger partial charge in [-0.15, -0.1) is 11.3 Å². The summed E-state index contributed by atoms with van der Waals surface area (Å²) >= 11 is 1.88. The van der Waals surface area contributed by atoms with Crippen LogP contribution in [0.3, 0.4) is 0 Å². The molecule has 2 heterocycles. The van der Waals surface area contributed by atoms with Crippen LogP contribution in [0.1, 0.15) is 23.6 Å². The first-order chi connectivity index (χ1) is 30.1. The van der Waals surface area contributed by atoms with Crippen LogP contribution >= 0.6 is 11.3 Å². The summed E-state index contributed by atoms with van der Waals surface area (Å²) < 4.78 is 2.58. The van der Waals surface area contributed by atoms with E-state index in [-0.39, 0.29) is 5.41 Å². The van der Waals surface area contributed by atoms with Crippen LogP contribution in [-0.4, -0.2) is 9.97 Å². The monoisotopic (exact) mass is 794 g/mol. The zero-order valence-corrected chi connectivity index (χ0v) is 34.3. The van der Waals surface area contributed by atoms with Crippen molar-refractivity contribution in [2.45, 2.75) is 12.3 Å². The molecule has 0 amide bonds. The second kappa shape index (κ2) is 14.1. The Morgan fingerprint density at radius 2 is 1.00 bits per heavy atom. The molecule has 12 rings (SSSR count). The summed E-state index contributed by atoms with van der Waals surface area (Å²) in [5.74, 6) is 0.706. The van der Waals surface area contributed by atoms with E-state index in [1.54, 1.807) is 0 Å². The molecule has 61 heavy (non-hydrogen) atoms. The Morgan fingerprint density at radius 3 is 1.80 bits per heavy atom. The van der Waals surface area contributed by atoms with E-state index in [2.05, 4.69) is 213 Å². The van der Waals surface area contributed by atoms with Crippen LogP contribution in [0.5, 0.6) is 0 Å². The van der Waals surface area contributed by atoms with Crippen LogP contribution in [0.2, 0.25) is 0 Å². The Morgan fingerprint density at radius 1 is 0.393 bits per heavy atom. The highest BCUT2D eigenvalue weighted by Crippen LogP contribution is 2.55. The van der Waals surface area contributed by atoms with E-state index in [1.807, 2.05) is 17.4 Å². The zero-order valence-electron chi connectivity index (χ0n) is 33.5. The van der Waals surface area contributed by atoms with Gasteiger partial charge in [-0.05, 0) is 104 Å². The minimum Gasteiger partial charge on any atom is -0.228 e. The maximum absolute atomic E-state index is 5.38. The molecule has 0 bridgehead atoms. The third-order valence-electron chi connectivity index (χ3n) is 12.7. The number of hydrogen-bond acceptors (Lipinski definition) is 3. The van der Waals surface area contributed by atoms with Gasteiger partial charge in [-0.1, -0.05) is 176 Å². The van der Waals surface area contributed by atoms with Crippen LogP contribution in [0.25, 0.3) is 98.2 Å². The van der Waals surface area contributed by atoms with Crippen molar-refractivity contribution in [1.29, 1.82) is 0 Å². The van der Waals surface area contributed by atoms with Gasteiger partial charge in [0.25, 0.3) is 0 Å². The number of thiophene rings is 1. The van der Waals surface area contributed by atoms with E-state index in [0.717, 1.165) is 33.6 Å². The van der Waals surface area contributed by atoms with Gasteiger partial charge >= 0.3 is 0 Å². The Hall–Kier alpha value is -7.46. The molecule has 2 aromatic heterocycles. The molecule has 0 saturated heterocycles. The first-order valence-corrected chi connectivity index (χ1v) is 21.7. The molecule has 3 heteroatoms. The van der Waals surface area contributed by atoms with E-state index in [1.165, 1.54) is 75.5 Å². The molecule has 0 spiro atoms. The summed E-state index contributed by atoms with van der Waals surface area (Å²) in [7, 11) is 0. The number of nitrogens with zero attached hydrogens (tertiary/aromatic N) is 2. The Kier molecular flexibility index (Phi) is 8.19. The molecule has 286 valence electrons. The maximum Gasteiger partial charge on any atom is 0.160 e. The van der Waals surface area contributed by atoms with Gasteiger partial charge < -0.3 is 0 Å². The molecular weight excluding hydrogens is 757 g/mol. The van der Waals surface area contributed by atoms with Gasteiger partial charge in [-0.25, -0.2) is 9.97 Å². The predicted molar refractivity (Wildman–Crippen MR) is 257 cm³/mol. The highest BCUT2D eigenvalue weighted by molar-refractivity contribution is 7.26. The number of rotatable bonds is 6. The fourth-order valence-electron chi connectivity index (χ4n) is 9.75. The lowest BCUT2D eigenvalue weighted by Crippen LogP contribution is -2.22. The van der Waals surface area contributed by atoms with Gasteiger partial charge in [-0.3, -0.25) is 0 Å². The molecule has 2 nitrogen and oxygen atoms in total. The molecule has 0 fully saturated rings. The number of fused-ring (bicyclic) bond motifs is 7. The van der Waals surface area contributed by atoms with Crippen molar-refractivity contribution in [2.75, 3.05) is 0 Å². The van der Waals surface area contributed by atoms with Gasteiger partial charge in [0.1, 0.15) is 0 Å². The summed E-state index contributed by atoms with van der Waals surface area (Å²) in [5, 5.41) is 5.09. The van der Waals surface area contributed by atoms with Gasteiger partial charge in [0.2, 0.25) is 0 Å². The lowest BCUT2D eigenvalue weighted by molar-refractivity contribution is 0.714. The summed E-state index contributed by atoms with van der Waals surface area (Å²) in [4.78, 5) is 10.7. The molecule has 0 saturated carbocycles. The van der Waals surface area contributed by atoms with Gasteiger partial charge in [-0.2, -0.15) is 0 Å². The first-order valence-electron chi connectivity index (χ1n) is 20.9. The summed E-state index contributed by atoms with van der Waals surface area (Å²) in [5.41, 5.74) is 15.8. The molecule has 1 atom stereocenters. The van der Waals surface area contributed by atoms with E-state index >= 15 is 0 Å². The van der Waals surface area contributed by atoms with E-state index in [9.17, 15) is 0 Å². The van der Waals surface area contributed by atoms with Crippen molar-refractivity contribution in [3.05, 3.63) is 229 Å². The minimum atomic E-state index is -0.312. The van der Waals surface area contributed by atoms with Crippen LogP contribution in [0.15, 0.2) is 212 Å². The number of hydrogen-bond donors (Lipinski definition) is 0. The van der Waals surface area contributed by atoms with Gasteiger partial charge in [0.15, 0.2) is 5.82 Å². The lowest BCUT2D eigenvalue weighted by atomic mass is 9.74. The second-order valence-corrected chi connectivity index (χ2v) is 17.3. The standard InChI is InChI=1S/C58H38N2S/c1-58(44-25-9-4-10-26-44)49-29-14-13-27-45(49)55-46(28-16-30-50(55)58)52-36-51(59-57(60-52)38-19-7-3-8-20-38)42-24-15-23-41(31-42)47-33-43(37-17-5-2-6-18-37)35-54-56(47)48-32-39-21-11-12-22-40(39)34-53(48)61-54/h2-36H,1H3. The van der Waals surface area contributed by atoms with Crippen molar-refractivity contribution in [1.82, 2.24) is 9.97 Å². The largest absolute Gasteiger partial charge is 0.228 e. The summed E-state index contributed by atoms with van der Waals surface area (Å²) in [6.07, 6.45) is 0. The van der Waals surface area contributed by atoms with E-state index in [4.69, 9.17) is 9.97 Å². The van der Waals surface area contributed by atoms with Crippen molar-refractivity contribution in [3.8, 4) is 67.3 Å². The van der Waals surface area contributed by atoms with Crippen molar-refractivity contribution in [3.63, 3.8) is 0 Å². The fourth-order valence-corrected chi connectivity index (χ4v) is 11.0. The third-order valence-corrected chi connectivity index (χ3v) is 13.8. The zero-order chi connectivity index (χ0) is 40.5. The van der Waals surface area contributed by atoms with E-state index < -0.39 is 0 Å². The van der Waals surface area contributed by atoms with Gasteiger partial charge in [0.05, 0.1) is 11.4 Å². The molecule has 0 radical (unpaired) electrons. The van der Waals surface area contributed by atoms with Crippen LogP contribution < -0.4 is 0 Å². The highest BCUT2D eigenvalue weighted by Gasteiger charge is 2.41. The molecule has 9 aromatic carbocycles. The van der Waals surface area contributed by atoms with Crippen molar-refractivity contribution < 1.29 is 0 Å². The molecule has 1 aliphatic rings. The van der Waals surface area contributed by atoms with Crippen molar-refractivity contribution in [2.24, 2.45) is 0 Å². The SMILES string of the molecule is CC1(c2ccccc2)c2ccccc2-c2c(-c3cc(-c4cccc(-c5cc(-c6ccccc6)cc6sc7cc8ccccc8cc7c56)c4)nc(-c4ccccc4)n3)cccc21. The van der Waals surface area contributed by atoms with Gasteiger partial charge in [0, 0.05) is 42.3 Å². The summed E-state index contributed by atoms with van der Waals surface area (Å²) in [6.45, 7) is 2.37. The first kappa shape index (κ1) is 35.5. The Balaban J connectivity index is 1.07. The quantitative estimate of drug-likeness (QED) is 0.168. The smallest absolute Gasteiger partial charge is 0.160 e. The fraction of sp³-hybridized carbons (Fsp3) is 0.0345. The normalized spacial score (nSPS) is 14.4. The molecule has 0 aliphatic heterocycles. The van der Waals surface area contributed by atoms with Crippen LogP contribution in [-0.2, 0) is 5.41 Å². The minimum absolute atomic E-state index is 0.312. The third kappa shape index (κ3) is 5.77. The predicted octanol–water partition coefficient (Wildman–Crippen LogP) is 15.7. The molecule has 1 aliphatic carbocycles.